The zero-order chi connectivity index (χ0) is 20.2. The molecule has 5 rings (SSSR count). The van der Waals surface area contributed by atoms with Crippen LogP contribution >= 0.6 is 0 Å². The molecule has 0 bridgehead atoms. The number of morpholine rings is 1. The molecule has 8 heteroatoms. The van der Waals surface area contributed by atoms with Crippen molar-refractivity contribution in [1.82, 2.24) is 5.32 Å². The Morgan fingerprint density at radius 3 is 2.62 bits per heavy atom. The zero-order valence-corrected chi connectivity index (χ0v) is 15.4. The van der Waals surface area contributed by atoms with Gasteiger partial charge in [-0.1, -0.05) is 18.2 Å². The maximum Gasteiger partial charge on any atom is 0.335 e. The number of nitrogens with zero attached hydrogens (tertiary/aromatic N) is 2. The molecule has 3 heterocycles. The SMILES string of the molecule is O=C1NC(=O)[C@@]2(Cc3ccccc3N3CCOC[C@@H]32)C(=O)N1c1ccc(F)cc1. The van der Waals surface area contributed by atoms with Crippen LogP contribution in [-0.4, -0.2) is 43.6 Å². The monoisotopic (exact) mass is 395 g/mol. The van der Waals surface area contributed by atoms with Crippen molar-refractivity contribution in [1.29, 1.82) is 0 Å². The minimum Gasteiger partial charge on any atom is -0.377 e. The van der Waals surface area contributed by atoms with Crippen LogP contribution < -0.4 is 15.1 Å². The first-order valence-electron chi connectivity index (χ1n) is 9.40. The first-order chi connectivity index (χ1) is 14.0. The van der Waals surface area contributed by atoms with Gasteiger partial charge in [0.05, 0.1) is 24.9 Å². The fourth-order valence-electron chi connectivity index (χ4n) is 4.59. The van der Waals surface area contributed by atoms with Crippen molar-refractivity contribution in [2.24, 2.45) is 5.41 Å². The van der Waals surface area contributed by atoms with Crippen LogP contribution in [0.5, 0.6) is 0 Å². The highest BCUT2D eigenvalue weighted by Gasteiger charge is 2.62. The lowest BCUT2D eigenvalue weighted by atomic mass is 9.68. The fraction of sp³-hybridized carbons (Fsp3) is 0.286. The molecule has 0 aromatic heterocycles. The third-order valence-corrected chi connectivity index (χ3v) is 5.97. The van der Waals surface area contributed by atoms with E-state index in [1.54, 1.807) is 0 Å². The van der Waals surface area contributed by atoms with Crippen LogP contribution in [0, 0.1) is 11.2 Å². The molecule has 4 amide bonds. The molecule has 148 valence electrons. The summed E-state index contributed by atoms with van der Waals surface area (Å²) in [4.78, 5) is 42.4. The second-order valence-electron chi connectivity index (χ2n) is 7.44. The molecule has 3 aliphatic rings. The van der Waals surface area contributed by atoms with Gasteiger partial charge in [-0.2, -0.15) is 0 Å². The van der Waals surface area contributed by atoms with Crippen LogP contribution in [0.2, 0.25) is 0 Å². The number of barbiturate groups is 1. The Hall–Kier alpha value is -3.26. The smallest absolute Gasteiger partial charge is 0.335 e. The highest BCUT2D eigenvalue weighted by Crippen LogP contribution is 2.45. The fourth-order valence-corrected chi connectivity index (χ4v) is 4.59. The summed E-state index contributed by atoms with van der Waals surface area (Å²) in [5.41, 5.74) is 0.527. The molecule has 2 aromatic rings. The summed E-state index contributed by atoms with van der Waals surface area (Å²) < 4.78 is 19.0. The molecule has 1 N–H and O–H groups in total. The molecular weight excluding hydrogens is 377 g/mol. The topological polar surface area (TPSA) is 79.0 Å². The predicted molar refractivity (Wildman–Crippen MR) is 102 cm³/mol. The summed E-state index contributed by atoms with van der Waals surface area (Å²) in [6.45, 7) is 1.21. The van der Waals surface area contributed by atoms with Crippen molar-refractivity contribution in [2.75, 3.05) is 29.6 Å². The minimum atomic E-state index is -1.52. The summed E-state index contributed by atoms with van der Waals surface area (Å²) in [6.07, 6.45) is 0.156. The van der Waals surface area contributed by atoms with Gasteiger partial charge in [0.25, 0.3) is 5.91 Å². The van der Waals surface area contributed by atoms with Crippen molar-refractivity contribution in [3.8, 4) is 0 Å². The Morgan fingerprint density at radius 2 is 1.83 bits per heavy atom. The Labute approximate surface area is 166 Å². The molecule has 2 atom stereocenters. The summed E-state index contributed by atoms with van der Waals surface area (Å²) in [5.74, 6) is -1.73. The van der Waals surface area contributed by atoms with Gasteiger partial charge in [-0.15, -0.1) is 0 Å². The number of anilines is 2. The number of carbonyl (C=O) groups excluding carboxylic acids is 3. The van der Waals surface area contributed by atoms with Gasteiger partial charge in [0.2, 0.25) is 5.91 Å². The number of hydrogen-bond acceptors (Lipinski definition) is 5. The first-order valence-corrected chi connectivity index (χ1v) is 9.40. The molecule has 0 saturated carbocycles. The number of amides is 4. The lowest BCUT2D eigenvalue weighted by Crippen LogP contribution is -2.74. The van der Waals surface area contributed by atoms with E-state index in [9.17, 15) is 18.8 Å². The number of hydrogen-bond donors (Lipinski definition) is 1. The van der Waals surface area contributed by atoms with Crippen LogP contribution in [-0.2, 0) is 20.7 Å². The van der Waals surface area contributed by atoms with E-state index in [2.05, 4.69) is 5.32 Å². The first kappa shape index (κ1) is 17.8. The van der Waals surface area contributed by atoms with E-state index in [1.807, 2.05) is 29.2 Å². The second kappa shape index (κ2) is 6.38. The van der Waals surface area contributed by atoms with Crippen LogP contribution in [0.4, 0.5) is 20.6 Å². The number of benzene rings is 2. The molecule has 2 aromatic carbocycles. The highest BCUT2D eigenvalue weighted by atomic mass is 19.1. The van der Waals surface area contributed by atoms with Crippen LogP contribution in [0.3, 0.4) is 0 Å². The predicted octanol–water partition coefficient (Wildman–Crippen LogP) is 1.86. The minimum absolute atomic E-state index is 0.156. The average Bonchev–Trinajstić information content (AvgIpc) is 2.73. The summed E-state index contributed by atoms with van der Waals surface area (Å²) in [6, 6.07) is 11.3. The van der Waals surface area contributed by atoms with E-state index in [4.69, 9.17) is 4.74 Å². The molecule has 3 aliphatic heterocycles. The van der Waals surface area contributed by atoms with Crippen molar-refractivity contribution in [3.05, 3.63) is 59.9 Å². The third-order valence-electron chi connectivity index (χ3n) is 5.97. The number of para-hydroxylation sites is 1. The lowest BCUT2D eigenvalue weighted by Gasteiger charge is -2.53. The van der Waals surface area contributed by atoms with E-state index in [-0.39, 0.29) is 18.7 Å². The van der Waals surface area contributed by atoms with Crippen molar-refractivity contribution in [2.45, 2.75) is 12.5 Å². The molecule has 1 spiro atoms. The van der Waals surface area contributed by atoms with Crippen LogP contribution in [0.15, 0.2) is 48.5 Å². The molecule has 0 unspecified atom stereocenters. The Bertz CT molecular complexity index is 1020. The standard InChI is InChI=1S/C21H18FN3O4/c22-14-5-7-15(8-6-14)25-19(27)21(18(26)23-20(25)28)11-13-3-1-2-4-16(13)24-9-10-29-12-17(21)24/h1-8,17H,9-12H2,(H,23,26,28)/t17-,21+/m1/s1. The Kier molecular flexibility index (Phi) is 3.92. The van der Waals surface area contributed by atoms with Crippen LogP contribution in [0.1, 0.15) is 5.56 Å². The number of imide groups is 2. The maximum absolute atomic E-state index is 13.7. The number of fused-ring (bicyclic) bond motifs is 4. The third kappa shape index (κ3) is 2.49. The highest BCUT2D eigenvalue weighted by molar-refractivity contribution is 6.30. The number of nitrogens with one attached hydrogen (secondary N) is 1. The van der Waals surface area contributed by atoms with Gasteiger partial charge < -0.3 is 9.64 Å². The second-order valence-corrected chi connectivity index (χ2v) is 7.44. The Balaban J connectivity index is 1.66. The van der Waals surface area contributed by atoms with Gasteiger partial charge in [0.1, 0.15) is 5.82 Å². The van der Waals surface area contributed by atoms with E-state index in [0.29, 0.717) is 13.2 Å². The van der Waals surface area contributed by atoms with Gasteiger partial charge in [0.15, 0.2) is 5.41 Å². The molecule has 7 nitrogen and oxygen atoms in total. The molecule has 2 saturated heterocycles. The average molecular weight is 395 g/mol. The van der Waals surface area contributed by atoms with Gasteiger partial charge in [-0.3, -0.25) is 14.9 Å². The van der Waals surface area contributed by atoms with E-state index < -0.39 is 35.1 Å². The number of carbonyl (C=O) groups is 3. The van der Waals surface area contributed by atoms with Gasteiger partial charge in [-0.05, 0) is 42.3 Å². The van der Waals surface area contributed by atoms with Crippen molar-refractivity contribution < 1.29 is 23.5 Å². The largest absolute Gasteiger partial charge is 0.377 e. The van der Waals surface area contributed by atoms with E-state index >= 15 is 0 Å². The zero-order valence-electron chi connectivity index (χ0n) is 15.4. The molecule has 0 radical (unpaired) electrons. The van der Waals surface area contributed by atoms with Crippen molar-refractivity contribution in [3.63, 3.8) is 0 Å². The number of ether oxygens (including phenoxy) is 1. The van der Waals surface area contributed by atoms with Gasteiger partial charge in [0, 0.05) is 12.2 Å². The quantitative estimate of drug-likeness (QED) is 0.746. The Morgan fingerprint density at radius 1 is 1.07 bits per heavy atom. The van der Waals surface area contributed by atoms with Crippen molar-refractivity contribution >= 4 is 29.2 Å². The normalized spacial score (nSPS) is 26.2. The van der Waals surface area contributed by atoms with E-state index in [0.717, 1.165) is 16.2 Å². The number of rotatable bonds is 1. The molecular formula is C21H18FN3O4. The molecule has 2 fully saturated rings. The van der Waals surface area contributed by atoms with Gasteiger partial charge >= 0.3 is 6.03 Å². The molecule has 29 heavy (non-hydrogen) atoms. The summed E-state index contributed by atoms with van der Waals surface area (Å²) in [5, 5.41) is 2.35. The lowest BCUT2D eigenvalue weighted by molar-refractivity contribution is -0.146. The number of urea groups is 1. The van der Waals surface area contributed by atoms with Crippen LogP contribution in [0.25, 0.3) is 0 Å². The summed E-state index contributed by atoms with van der Waals surface area (Å²) in [7, 11) is 0. The maximum atomic E-state index is 13.7. The molecule has 0 aliphatic carbocycles. The van der Waals surface area contributed by atoms with E-state index in [1.165, 1.54) is 24.3 Å². The summed E-state index contributed by atoms with van der Waals surface area (Å²) >= 11 is 0. The number of halogens is 1. The van der Waals surface area contributed by atoms with Gasteiger partial charge in [-0.25, -0.2) is 14.1 Å².